The van der Waals surface area contributed by atoms with Crippen LogP contribution in [-0.2, 0) is 14.4 Å². The molecule has 2 aliphatic carbocycles. The number of fused-ring (bicyclic) bond motifs is 1. The lowest BCUT2D eigenvalue weighted by Crippen LogP contribution is -2.45. The average Bonchev–Trinajstić information content (AvgIpc) is 2.80. The Labute approximate surface area is 218 Å². The maximum absolute atomic E-state index is 13.5. The third-order valence-electron chi connectivity index (χ3n) is 7.48. The number of allylic oxidation sites excluding steroid dienone is 2. The summed E-state index contributed by atoms with van der Waals surface area (Å²) < 4.78 is 5.84. The van der Waals surface area contributed by atoms with Crippen LogP contribution in [0.1, 0.15) is 64.9 Å². The summed E-state index contributed by atoms with van der Waals surface area (Å²) in [5, 5.41) is 2.82. The van der Waals surface area contributed by atoms with Gasteiger partial charge in [0, 0.05) is 41.4 Å². The summed E-state index contributed by atoms with van der Waals surface area (Å²) in [5.41, 5.74) is 3.65. The van der Waals surface area contributed by atoms with Gasteiger partial charge in [0.25, 0.3) is 5.91 Å². The first kappa shape index (κ1) is 25.1. The van der Waals surface area contributed by atoms with Gasteiger partial charge in [-0.2, -0.15) is 0 Å². The SMILES string of the molecule is CC1(C)CC(=O)C2C(=NC3=C(C(=O)CC(C)(C)C3)C2c2cccc(OCC(=O)Nc3ccccc3)c2)C1. The second-order valence-electron chi connectivity index (χ2n) is 12.1. The molecule has 6 heteroatoms. The number of carbonyl (C=O) groups excluding carboxylic acids is 3. The second kappa shape index (κ2) is 9.40. The molecule has 2 unspecified atom stereocenters. The topological polar surface area (TPSA) is 84.8 Å². The molecule has 0 aromatic heterocycles. The Kier molecular flexibility index (Phi) is 6.38. The van der Waals surface area contributed by atoms with Crippen LogP contribution in [0.2, 0.25) is 0 Å². The Balaban J connectivity index is 1.45. The van der Waals surface area contributed by atoms with Gasteiger partial charge in [0.05, 0.1) is 5.92 Å². The molecule has 0 spiro atoms. The van der Waals surface area contributed by atoms with E-state index in [0.29, 0.717) is 36.3 Å². The number of para-hydroxylation sites is 1. The summed E-state index contributed by atoms with van der Waals surface area (Å²) in [6, 6.07) is 16.7. The zero-order chi connectivity index (χ0) is 26.4. The van der Waals surface area contributed by atoms with Gasteiger partial charge < -0.3 is 10.1 Å². The lowest BCUT2D eigenvalue weighted by atomic mass is 9.60. The van der Waals surface area contributed by atoms with E-state index in [1.165, 1.54) is 0 Å². The van der Waals surface area contributed by atoms with E-state index in [2.05, 4.69) is 33.0 Å². The van der Waals surface area contributed by atoms with Gasteiger partial charge in [0.1, 0.15) is 11.5 Å². The van der Waals surface area contributed by atoms with Gasteiger partial charge in [0.2, 0.25) is 0 Å². The number of nitrogens with zero attached hydrogens (tertiary/aromatic N) is 1. The largest absolute Gasteiger partial charge is 0.484 e. The number of hydrogen-bond donors (Lipinski definition) is 1. The van der Waals surface area contributed by atoms with E-state index >= 15 is 0 Å². The molecular formula is C31H34N2O4. The molecule has 1 heterocycles. The quantitative estimate of drug-likeness (QED) is 0.557. The minimum atomic E-state index is -0.437. The van der Waals surface area contributed by atoms with Gasteiger partial charge in [-0.25, -0.2) is 0 Å². The van der Waals surface area contributed by atoms with Crippen molar-refractivity contribution < 1.29 is 19.1 Å². The van der Waals surface area contributed by atoms with Crippen LogP contribution in [0.25, 0.3) is 0 Å². The van der Waals surface area contributed by atoms with E-state index in [1.807, 2.05) is 48.5 Å². The molecule has 1 aliphatic heterocycles. The van der Waals surface area contributed by atoms with Crippen molar-refractivity contribution >= 4 is 28.9 Å². The number of carbonyl (C=O) groups is 3. The van der Waals surface area contributed by atoms with Gasteiger partial charge in [0.15, 0.2) is 12.4 Å². The maximum Gasteiger partial charge on any atom is 0.262 e. The van der Waals surface area contributed by atoms with E-state index in [-0.39, 0.29) is 40.8 Å². The summed E-state index contributed by atoms with van der Waals surface area (Å²) >= 11 is 0. The van der Waals surface area contributed by atoms with Gasteiger partial charge in [-0.05, 0) is 53.5 Å². The van der Waals surface area contributed by atoms with Crippen molar-refractivity contribution in [1.82, 2.24) is 0 Å². The highest BCUT2D eigenvalue weighted by Crippen LogP contribution is 2.51. The number of aliphatic imine (C=N–C) groups is 1. The molecule has 1 saturated carbocycles. The molecule has 0 bridgehead atoms. The molecule has 3 aliphatic rings. The predicted molar refractivity (Wildman–Crippen MR) is 144 cm³/mol. The molecule has 2 atom stereocenters. The van der Waals surface area contributed by atoms with Crippen molar-refractivity contribution in [1.29, 1.82) is 0 Å². The van der Waals surface area contributed by atoms with Crippen LogP contribution < -0.4 is 10.1 Å². The van der Waals surface area contributed by atoms with Crippen molar-refractivity contribution in [2.24, 2.45) is 21.7 Å². The number of ketones is 2. The van der Waals surface area contributed by atoms with E-state index in [1.54, 1.807) is 6.07 Å². The summed E-state index contributed by atoms with van der Waals surface area (Å²) in [5.74, 6) is -0.338. The van der Waals surface area contributed by atoms with E-state index in [0.717, 1.165) is 23.4 Å². The summed E-state index contributed by atoms with van der Waals surface area (Å²) in [7, 11) is 0. The minimum Gasteiger partial charge on any atom is -0.484 e. The van der Waals surface area contributed by atoms with E-state index < -0.39 is 5.92 Å². The first-order valence-corrected chi connectivity index (χ1v) is 13.0. The number of ether oxygens (including phenoxy) is 1. The van der Waals surface area contributed by atoms with Gasteiger partial charge in [-0.1, -0.05) is 58.0 Å². The Morgan fingerprint density at radius 3 is 2.41 bits per heavy atom. The fraction of sp³-hybridized carbons (Fsp3) is 0.419. The van der Waals surface area contributed by atoms with Gasteiger partial charge >= 0.3 is 0 Å². The number of hydrogen-bond acceptors (Lipinski definition) is 5. The maximum atomic E-state index is 13.5. The molecule has 6 nitrogen and oxygen atoms in total. The smallest absolute Gasteiger partial charge is 0.262 e. The van der Waals surface area contributed by atoms with E-state index in [4.69, 9.17) is 9.73 Å². The molecule has 0 saturated heterocycles. The lowest BCUT2D eigenvalue weighted by molar-refractivity contribution is -0.124. The Hall–Kier alpha value is -3.54. The number of Topliss-reactive ketones (excluding diaryl/α,β-unsaturated/α-hetero) is 2. The number of anilines is 1. The fourth-order valence-corrected chi connectivity index (χ4v) is 6.04. The zero-order valence-electron chi connectivity index (χ0n) is 22.0. The standard InChI is InChI=1S/C31H34N2O4/c1-30(2)14-22-28(24(34)16-30)27(29-23(33-22)15-31(3,4)17-25(29)35)19-9-8-12-21(13-19)37-18-26(36)32-20-10-6-5-7-11-20/h5-13,27-28H,14-18H2,1-4H3,(H,32,36). The van der Waals surface area contributed by atoms with Crippen LogP contribution in [0.15, 0.2) is 70.9 Å². The summed E-state index contributed by atoms with van der Waals surface area (Å²) in [4.78, 5) is 44.4. The zero-order valence-corrected chi connectivity index (χ0v) is 22.0. The van der Waals surface area contributed by atoms with Crippen LogP contribution >= 0.6 is 0 Å². The molecule has 1 amide bonds. The molecule has 192 valence electrons. The van der Waals surface area contributed by atoms with Crippen molar-refractivity contribution in [3.8, 4) is 5.75 Å². The summed E-state index contributed by atoms with van der Waals surface area (Å²) in [6.07, 6.45) is 2.35. The van der Waals surface area contributed by atoms with Crippen LogP contribution in [0.3, 0.4) is 0 Å². The van der Waals surface area contributed by atoms with Crippen molar-refractivity contribution in [2.45, 2.75) is 59.3 Å². The minimum absolute atomic E-state index is 0.0743. The second-order valence-corrected chi connectivity index (χ2v) is 12.1. The molecule has 37 heavy (non-hydrogen) atoms. The lowest BCUT2D eigenvalue weighted by Gasteiger charge is -2.44. The Morgan fingerprint density at radius 1 is 0.919 bits per heavy atom. The molecular weight excluding hydrogens is 464 g/mol. The average molecular weight is 499 g/mol. The third-order valence-corrected chi connectivity index (χ3v) is 7.48. The van der Waals surface area contributed by atoms with Crippen LogP contribution in [0.4, 0.5) is 5.69 Å². The van der Waals surface area contributed by atoms with Crippen LogP contribution in [-0.4, -0.2) is 29.8 Å². The fourth-order valence-electron chi connectivity index (χ4n) is 6.04. The monoisotopic (exact) mass is 498 g/mol. The molecule has 5 rings (SSSR count). The van der Waals surface area contributed by atoms with Gasteiger partial charge in [-0.15, -0.1) is 0 Å². The first-order chi connectivity index (χ1) is 17.5. The predicted octanol–water partition coefficient (Wildman–Crippen LogP) is 5.89. The van der Waals surface area contributed by atoms with E-state index in [9.17, 15) is 14.4 Å². The van der Waals surface area contributed by atoms with Crippen LogP contribution in [0.5, 0.6) is 5.75 Å². The number of benzene rings is 2. The van der Waals surface area contributed by atoms with Gasteiger partial charge in [-0.3, -0.25) is 19.4 Å². The molecule has 0 radical (unpaired) electrons. The highest BCUT2D eigenvalue weighted by Gasteiger charge is 2.49. The van der Waals surface area contributed by atoms with Crippen molar-refractivity contribution in [2.75, 3.05) is 11.9 Å². The Morgan fingerprint density at radius 2 is 1.65 bits per heavy atom. The number of amides is 1. The first-order valence-electron chi connectivity index (χ1n) is 13.0. The molecule has 2 aromatic carbocycles. The van der Waals surface area contributed by atoms with Crippen LogP contribution in [0, 0.1) is 16.7 Å². The number of rotatable bonds is 5. The third kappa shape index (κ3) is 5.29. The molecule has 1 fully saturated rings. The normalized spacial score (nSPS) is 24.1. The highest BCUT2D eigenvalue weighted by molar-refractivity contribution is 6.13. The summed E-state index contributed by atoms with van der Waals surface area (Å²) in [6.45, 7) is 8.26. The molecule has 1 N–H and O–H groups in total. The van der Waals surface area contributed by atoms with Crippen molar-refractivity contribution in [3.05, 3.63) is 71.4 Å². The highest BCUT2D eigenvalue weighted by atomic mass is 16.5. The Bertz CT molecular complexity index is 1320. The van der Waals surface area contributed by atoms with Crippen molar-refractivity contribution in [3.63, 3.8) is 0 Å². The molecule has 2 aromatic rings. The number of nitrogens with one attached hydrogen (secondary N) is 1.